The molecule has 0 saturated heterocycles. The van der Waals surface area contributed by atoms with E-state index in [1.807, 2.05) is 26.2 Å². The summed E-state index contributed by atoms with van der Waals surface area (Å²) in [6.07, 6.45) is 1.07. The largest absolute Gasteiger partial charge is 0.374 e. The lowest BCUT2D eigenvalue weighted by molar-refractivity contribution is 0.243. The Morgan fingerprint density at radius 3 is 2.81 bits per heavy atom. The van der Waals surface area contributed by atoms with Crippen molar-refractivity contribution in [2.45, 2.75) is 12.5 Å². The van der Waals surface area contributed by atoms with Crippen molar-refractivity contribution in [1.29, 1.82) is 0 Å². The first-order valence-electron chi connectivity index (χ1n) is 8.75. The normalized spacial score (nSPS) is 14.3. The molecule has 26 heavy (non-hydrogen) atoms. The van der Waals surface area contributed by atoms with Gasteiger partial charge in [0, 0.05) is 36.5 Å². The molecule has 0 unspecified atom stereocenters. The Bertz CT molecular complexity index is 793. The van der Waals surface area contributed by atoms with Gasteiger partial charge in [-0.1, -0.05) is 29.8 Å². The summed E-state index contributed by atoms with van der Waals surface area (Å²) in [4.78, 5) is 16.6. The van der Waals surface area contributed by atoms with Gasteiger partial charge < -0.3 is 20.4 Å². The van der Waals surface area contributed by atoms with Gasteiger partial charge >= 0.3 is 6.03 Å². The number of fused-ring (bicyclic) bond motifs is 1. The van der Waals surface area contributed by atoms with Crippen LogP contribution in [0, 0.1) is 0 Å². The van der Waals surface area contributed by atoms with Gasteiger partial charge in [0.05, 0.1) is 6.04 Å². The lowest BCUT2D eigenvalue weighted by Crippen LogP contribution is -2.36. The van der Waals surface area contributed by atoms with E-state index in [-0.39, 0.29) is 12.1 Å². The lowest BCUT2D eigenvalue weighted by Gasteiger charge is -2.26. The second-order valence-corrected chi connectivity index (χ2v) is 7.32. The molecule has 0 saturated carbocycles. The molecule has 0 fully saturated rings. The standard InChI is InChI=1S/C20H25ClN4O/c1-24(2)19(14-7-8-18-15(11-14)9-10-25(18)3)13-22-20(26)23-17-6-4-5-16(21)12-17/h4-8,11-12,19H,9-10,13H2,1-3H3,(H2,22,23,26)/t19-/m1/s1. The average molecular weight is 373 g/mol. The molecule has 6 heteroatoms. The molecule has 1 aliphatic heterocycles. The highest BCUT2D eigenvalue weighted by atomic mass is 35.5. The number of urea groups is 1. The molecule has 138 valence electrons. The minimum atomic E-state index is -0.236. The van der Waals surface area contributed by atoms with Crippen molar-refractivity contribution in [3.8, 4) is 0 Å². The van der Waals surface area contributed by atoms with Crippen LogP contribution in [-0.4, -0.2) is 45.2 Å². The SMILES string of the molecule is CN1CCc2cc([C@@H](CNC(=O)Nc3cccc(Cl)c3)N(C)C)ccc21. The van der Waals surface area contributed by atoms with E-state index in [0.717, 1.165) is 13.0 Å². The second kappa shape index (κ2) is 7.98. The molecule has 0 aromatic heterocycles. The first-order valence-corrected chi connectivity index (χ1v) is 9.12. The van der Waals surface area contributed by atoms with Gasteiger partial charge in [-0.2, -0.15) is 0 Å². The van der Waals surface area contributed by atoms with Crippen molar-refractivity contribution in [3.05, 3.63) is 58.6 Å². The molecule has 1 heterocycles. The summed E-state index contributed by atoms with van der Waals surface area (Å²) in [6.45, 7) is 1.58. The van der Waals surface area contributed by atoms with Gasteiger partial charge in [0.25, 0.3) is 0 Å². The number of likely N-dealkylation sites (N-methyl/N-ethyl adjacent to an activating group) is 2. The summed E-state index contributed by atoms with van der Waals surface area (Å²) in [5.74, 6) is 0. The Kier molecular flexibility index (Phi) is 5.69. The summed E-state index contributed by atoms with van der Waals surface area (Å²) in [7, 11) is 6.18. The zero-order valence-corrected chi connectivity index (χ0v) is 16.2. The summed E-state index contributed by atoms with van der Waals surface area (Å²) < 4.78 is 0. The number of anilines is 2. The highest BCUT2D eigenvalue weighted by molar-refractivity contribution is 6.30. The minimum Gasteiger partial charge on any atom is -0.374 e. The van der Waals surface area contributed by atoms with E-state index in [1.54, 1.807) is 12.1 Å². The van der Waals surface area contributed by atoms with Crippen LogP contribution < -0.4 is 15.5 Å². The molecular formula is C20H25ClN4O. The number of amides is 2. The van der Waals surface area contributed by atoms with Crippen molar-refractivity contribution >= 4 is 29.0 Å². The van der Waals surface area contributed by atoms with E-state index in [4.69, 9.17) is 11.6 Å². The van der Waals surface area contributed by atoms with E-state index < -0.39 is 0 Å². The van der Waals surface area contributed by atoms with Crippen molar-refractivity contribution in [3.63, 3.8) is 0 Å². The second-order valence-electron chi connectivity index (χ2n) is 6.88. The Balaban J connectivity index is 1.65. The maximum absolute atomic E-state index is 12.2. The van der Waals surface area contributed by atoms with Crippen LogP contribution in [0.15, 0.2) is 42.5 Å². The van der Waals surface area contributed by atoms with Gasteiger partial charge in [-0.15, -0.1) is 0 Å². The number of nitrogens with zero attached hydrogens (tertiary/aromatic N) is 2. The number of carbonyl (C=O) groups excluding carboxylic acids is 1. The molecule has 0 bridgehead atoms. The molecule has 3 rings (SSSR count). The number of hydrogen-bond acceptors (Lipinski definition) is 3. The van der Waals surface area contributed by atoms with Crippen LogP contribution in [-0.2, 0) is 6.42 Å². The van der Waals surface area contributed by atoms with Crippen LogP contribution in [0.4, 0.5) is 16.2 Å². The number of nitrogens with one attached hydrogen (secondary N) is 2. The maximum Gasteiger partial charge on any atom is 0.319 e. The molecule has 1 aliphatic rings. The Morgan fingerprint density at radius 2 is 2.08 bits per heavy atom. The molecule has 5 nitrogen and oxygen atoms in total. The molecule has 2 aromatic carbocycles. The zero-order chi connectivity index (χ0) is 18.7. The third-order valence-corrected chi connectivity index (χ3v) is 5.01. The molecule has 2 N–H and O–H groups in total. The topological polar surface area (TPSA) is 47.6 Å². The lowest BCUT2D eigenvalue weighted by atomic mass is 10.0. The maximum atomic E-state index is 12.2. The Hall–Kier alpha value is -2.24. The smallest absolute Gasteiger partial charge is 0.319 e. The minimum absolute atomic E-state index is 0.108. The van der Waals surface area contributed by atoms with Crippen molar-refractivity contribution in [1.82, 2.24) is 10.2 Å². The van der Waals surface area contributed by atoms with Crippen molar-refractivity contribution in [2.75, 3.05) is 44.4 Å². The number of carbonyl (C=O) groups is 1. The van der Waals surface area contributed by atoms with Gasteiger partial charge in [0.2, 0.25) is 0 Å². The quantitative estimate of drug-likeness (QED) is 0.840. The molecular weight excluding hydrogens is 348 g/mol. The predicted octanol–water partition coefficient (Wildman–Crippen LogP) is 3.76. The van der Waals surface area contributed by atoms with E-state index in [1.165, 1.54) is 16.8 Å². The molecule has 2 aromatic rings. The molecule has 2 amide bonds. The highest BCUT2D eigenvalue weighted by Gasteiger charge is 2.20. The Morgan fingerprint density at radius 1 is 1.27 bits per heavy atom. The van der Waals surface area contributed by atoms with E-state index in [2.05, 4.69) is 45.7 Å². The Labute approximate surface area is 159 Å². The van der Waals surface area contributed by atoms with Gasteiger partial charge in [-0.05, 0) is 55.9 Å². The van der Waals surface area contributed by atoms with E-state index in [9.17, 15) is 4.79 Å². The van der Waals surface area contributed by atoms with Crippen LogP contribution in [0.2, 0.25) is 5.02 Å². The van der Waals surface area contributed by atoms with Crippen LogP contribution in [0.1, 0.15) is 17.2 Å². The highest BCUT2D eigenvalue weighted by Crippen LogP contribution is 2.30. The fourth-order valence-corrected chi connectivity index (χ4v) is 3.51. The first kappa shape index (κ1) is 18.5. The van der Waals surface area contributed by atoms with E-state index >= 15 is 0 Å². The summed E-state index contributed by atoms with van der Waals surface area (Å²) in [5.41, 5.74) is 4.57. The van der Waals surface area contributed by atoms with Crippen LogP contribution in [0.5, 0.6) is 0 Å². The third-order valence-electron chi connectivity index (χ3n) is 4.78. The van der Waals surface area contributed by atoms with E-state index in [0.29, 0.717) is 17.3 Å². The molecule has 0 radical (unpaired) electrons. The fourth-order valence-electron chi connectivity index (χ4n) is 3.32. The van der Waals surface area contributed by atoms with Gasteiger partial charge in [-0.25, -0.2) is 4.79 Å². The molecule has 0 spiro atoms. The first-order chi connectivity index (χ1) is 12.4. The average Bonchev–Trinajstić information content (AvgIpc) is 2.95. The number of halogens is 1. The van der Waals surface area contributed by atoms with Crippen LogP contribution in [0.3, 0.4) is 0 Å². The molecule has 1 atom stereocenters. The number of rotatable bonds is 5. The van der Waals surface area contributed by atoms with Gasteiger partial charge in [0.1, 0.15) is 0 Å². The molecule has 0 aliphatic carbocycles. The summed E-state index contributed by atoms with van der Waals surface area (Å²) in [5, 5.41) is 6.37. The fraction of sp³-hybridized carbons (Fsp3) is 0.350. The van der Waals surface area contributed by atoms with Crippen LogP contribution in [0.25, 0.3) is 0 Å². The zero-order valence-electron chi connectivity index (χ0n) is 15.4. The number of benzene rings is 2. The number of hydrogen-bond donors (Lipinski definition) is 2. The van der Waals surface area contributed by atoms with Crippen molar-refractivity contribution in [2.24, 2.45) is 0 Å². The monoisotopic (exact) mass is 372 g/mol. The summed E-state index contributed by atoms with van der Waals surface area (Å²) in [6, 6.07) is 13.6. The predicted molar refractivity (Wildman–Crippen MR) is 108 cm³/mol. The van der Waals surface area contributed by atoms with Crippen molar-refractivity contribution < 1.29 is 4.79 Å². The third kappa shape index (κ3) is 4.29. The summed E-state index contributed by atoms with van der Waals surface area (Å²) >= 11 is 5.95. The van der Waals surface area contributed by atoms with Gasteiger partial charge in [0.15, 0.2) is 0 Å². The van der Waals surface area contributed by atoms with Gasteiger partial charge in [-0.3, -0.25) is 0 Å². The van der Waals surface area contributed by atoms with Crippen LogP contribution >= 0.6 is 11.6 Å².